The van der Waals surface area contributed by atoms with Gasteiger partial charge in [-0.1, -0.05) is 18.2 Å². The molecule has 1 aromatic carbocycles. The molecule has 22 heavy (non-hydrogen) atoms. The van der Waals surface area contributed by atoms with Gasteiger partial charge in [0.05, 0.1) is 5.52 Å². The van der Waals surface area contributed by atoms with Crippen LogP contribution in [0, 0.1) is 6.92 Å². The van der Waals surface area contributed by atoms with Gasteiger partial charge in [-0.3, -0.25) is 4.79 Å². The second-order valence-corrected chi connectivity index (χ2v) is 6.99. The fraction of sp³-hybridized carbons (Fsp3) is 0.412. The molecule has 2 aromatic heterocycles. The maximum Gasteiger partial charge on any atom is 0.272 e. The van der Waals surface area contributed by atoms with Gasteiger partial charge in [-0.15, -0.1) is 11.3 Å². The van der Waals surface area contributed by atoms with Gasteiger partial charge in [0.25, 0.3) is 5.56 Å². The van der Waals surface area contributed by atoms with Gasteiger partial charge in [0.1, 0.15) is 10.5 Å². The molecule has 0 radical (unpaired) electrons. The summed E-state index contributed by atoms with van der Waals surface area (Å²) >= 11 is 1.67. The summed E-state index contributed by atoms with van der Waals surface area (Å²) in [7, 11) is 0. The molecule has 4 nitrogen and oxygen atoms in total. The van der Waals surface area contributed by atoms with E-state index < -0.39 is 0 Å². The van der Waals surface area contributed by atoms with Crippen LogP contribution in [0.3, 0.4) is 0 Å². The number of hydrogen-bond donors (Lipinski definition) is 0. The first kappa shape index (κ1) is 13.9. The Balaban J connectivity index is 1.86. The molecule has 1 fully saturated rings. The topological polar surface area (TPSA) is 38.1 Å². The molecule has 3 heterocycles. The number of likely N-dealkylation sites (tertiary alicyclic amines) is 1. The number of benzene rings is 1. The fourth-order valence-electron chi connectivity index (χ4n) is 3.31. The van der Waals surface area contributed by atoms with Crippen molar-refractivity contribution in [3.8, 4) is 0 Å². The number of aryl methyl sites for hydroxylation is 1. The first-order chi connectivity index (χ1) is 10.7. The largest absolute Gasteiger partial charge is 0.303 e. The van der Waals surface area contributed by atoms with E-state index in [1.165, 1.54) is 17.5 Å². The van der Waals surface area contributed by atoms with E-state index in [2.05, 4.69) is 22.0 Å². The van der Waals surface area contributed by atoms with E-state index in [1.54, 1.807) is 11.3 Å². The average molecular weight is 313 g/mol. The predicted molar refractivity (Wildman–Crippen MR) is 91.8 cm³/mol. The highest BCUT2D eigenvalue weighted by Crippen LogP contribution is 2.31. The van der Waals surface area contributed by atoms with Crippen LogP contribution in [0.5, 0.6) is 0 Å². The summed E-state index contributed by atoms with van der Waals surface area (Å²) in [5.74, 6) is 0. The summed E-state index contributed by atoms with van der Waals surface area (Å²) in [6.07, 6.45) is 2.56. The second-order valence-electron chi connectivity index (χ2n) is 5.95. The zero-order valence-corrected chi connectivity index (χ0v) is 13.5. The van der Waals surface area contributed by atoms with E-state index in [-0.39, 0.29) is 5.56 Å². The minimum absolute atomic E-state index is 0.0512. The Morgan fingerprint density at radius 1 is 1.18 bits per heavy atom. The normalized spacial score (nSPS) is 16.0. The summed E-state index contributed by atoms with van der Waals surface area (Å²) in [6, 6.07) is 8.27. The van der Waals surface area contributed by atoms with Crippen LogP contribution in [0.2, 0.25) is 0 Å². The maximum absolute atomic E-state index is 12.6. The van der Waals surface area contributed by atoms with E-state index in [0.29, 0.717) is 5.69 Å². The lowest BCUT2D eigenvalue weighted by Crippen LogP contribution is -2.30. The zero-order valence-electron chi connectivity index (χ0n) is 12.7. The van der Waals surface area contributed by atoms with Crippen LogP contribution in [0.25, 0.3) is 20.4 Å². The Hall–Kier alpha value is -1.72. The summed E-state index contributed by atoms with van der Waals surface area (Å²) in [5.41, 5.74) is 1.66. The summed E-state index contributed by atoms with van der Waals surface area (Å²) in [4.78, 5) is 20.6. The molecule has 1 saturated heterocycles. The molecule has 4 rings (SSSR count). The quantitative estimate of drug-likeness (QED) is 0.746. The predicted octanol–water partition coefficient (Wildman–Crippen LogP) is 3.02. The van der Waals surface area contributed by atoms with Gasteiger partial charge in [-0.05, 0) is 38.9 Å². The van der Waals surface area contributed by atoms with Crippen molar-refractivity contribution in [2.75, 3.05) is 19.6 Å². The van der Waals surface area contributed by atoms with Gasteiger partial charge in [-0.2, -0.15) is 0 Å². The monoisotopic (exact) mass is 313 g/mol. The van der Waals surface area contributed by atoms with E-state index in [1.807, 2.05) is 23.6 Å². The average Bonchev–Trinajstić information content (AvgIpc) is 3.15. The third-order valence-corrected chi connectivity index (χ3v) is 5.54. The smallest absolute Gasteiger partial charge is 0.272 e. The van der Waals surface area contributed by atoms with Crippen LogP contribution in [0.1, 0.15) is 18.5 Å². The lowest BCUT2D eigenvalue weighted by molar-refractivity contribution is 0.322. The van der Waals surface area contributed by atoms with Gasteiger partial charge in [0.15, 0.2) is 0 Å². The molecule has 0 spiro atoms. The number of nitrogens with zero attached hydrogens (tertiary/aromatic N) is 3. The molecule has 0 bridgehead atoms. The second kappa shape index (κ2) is 5.48. The number of rotatable bonds is 3. The first-order valence-corrected chi connectivity index (χ1v) is 8.67. The van der Waals surface area contributed by atoms with Gasteiger partial charge < -0.3 is 9.47 Å². The van der Waals surface area contributed by atoms with Crippen LogP contribution in [0.15, 0.2) is 29.1 Å². The minimum atomic E-state index is 0.0512. The number of hydrogen-bond acceptors (Lipinski definition) is 4. The van der Waals surface area contributed by atoms with Gasteiger partial charge in [0, 0.05) is 23.2 Å². The first-order valence-electron chi connectivity index (χ1n) is 7.85. The van der Waals surface area contributed by atoms with Gasteiger partial charge in [0.2, 0.25) is 0 Å². The molecule has 0 N–H and O–H groups in total. The molecule has 0 aliphatic carbocycles. The zero-order chi connectivity index (χ0) is 15.1. The SMILES string of the molecule is Cc1nc2sc3ccccc3c2n(CCN2CCCC2)c1=O. The molecule has 0 saturated carbocycles. The number of aromatic nitrogens is 2. The maximum atomic E-state index is 12.6. The van der Waals surface area contributed by atoms with E-state index in [9.17, 15) is 4.79 Å². The van der Waals surface area contributed by atoms with Crippen molar-refractivity contribution in [3.05, 3.63) is 40.3 Å². The minimum Gasteiger partial charge on any atom is -0.303 e. The highest BCUT2D eigenvalue weighted by molar-refractivity contribution is 7.25. The molecule has 3 aromatic rings. The summed E-state index contributed by atoms with van der Waals surface area (Å²) in [6.45, 7) is 5.83. The van der Waals surface area contributed by atoms with Crippen molar-refractivity contribution in [1.82, 2.24) is 14.5 Å². The summed E-state index contributed by atoms with van der Waals surface area (Å²) < 4.78 is 3.14. The lowest BCUT2D eigenvalue weighted by Gasteiger charge is -2.16. The highest BCUT2D eigenvalue weighted by atomic mass is 32.1. The molecule has 1 aliphatic heterocycles. The molecule has 1 aliphatic rings. The Bertz CT molecular complexity index is 890. The Kier molecular flexibility index (Phi) is 3.47. The van der Waals surface area contributed by atoms with Crippen molar-refractivity contribution >= 4 is 31.8 Å². The van der Waals surface area contributed by atoms with Crippen molar-refractivity contribution < 1.29 is 0 Å². The van der Waals surface area contributed by atoms with Crippen molar-refractivity contribution in [3.63, 3.8) is 0 Å². The van der Waals surface area contributed by atoms with Crippen molar-refractivity contribution in [2.45, 2.75) is 26.3 Å². The van der Waals surface area contributed by atoms with Gasteiger partial charge >= 0.3 is 0 Å². The molecular weight excluding hydrogens is 294 g/mol. The van der Waals surface area contributed by atoms with E-state index >= 15 is 0 Å². The fourth-order valence-corrected chi connectivity index (χ4v) is 4.44. The lowest BCUT2D eigenvalue weighted by atomic mass is 10.2. The standard InChI is InChI=1S/C17H19N3OS/c1-12-17(21)20(11-10-19-8-4-5-9-19)15-13-6-2-3-7-14(13)22-16(15)18-12/h2-3,6-7H,4-5,8-11H2,1H3. The van der Waals surface area contributed by atoms with E-state index in [4.69, 9.17) is 0 Å². The Morgan fingerprint density at radius 2 is 1.95 bits per heavy atom. The molecule has 5 heteroatoms. The molecular formula is C17H19N3OS. The summed E-state index contributed by atoms with van der Waals surface area (Å²) in [5, 5.41) is 1.15. The van der Waals surface area contributed by atoms with Crippen LogP contribution in [-0.2, 0) is 6.54 Å². The van der Waals surface area contributed by atoms with Crippen molar-refractivity contribution in [1.29, 1.82) is 0 Å². The molecule has 0 amide bonds. The number of thiophene rings is 1. The number of fused-ring (bicyclic) bond motifs is 3. The third kappa shape index (κ3) is 2.25. The van der Waals surface area contributed by atoms with Gasteiger partial charge in [-0.25, -0.2) is 4.98 Å². The molecule has 0 atom stereocenters. The van der Waals surface area contributed by atoms with E-state index in [0.717, 1.165) is 41.9 Å². The van der Waals surface area contributed by atoms with Crippen molar-refractivity contribution in [2.24, 2.45) is 0 Å². The van der Waals surface area contributed by atoms with Crippen LogP contribution in [0.4, 0.5) is 0 Å². The highest BCUT2D eigenvalue weighted by Gasteiger charge is 2.16. The third-order valence-electron chi connectivity index (χ3n) is 4.48. The molecule has 114 valence electrons. The Morgan fingerprint density at radius 3 is 2.77 bits per heavy atom. The Labute approximate surface area is 133 Å². The van der Waals surface area contributed by atoms with Crippen LogP contribution in [-0.4, -0.2) is 34.1 Å². The molecule has 0 unspecified atom stereocenters. The van der Waals surface area contributed by atoms with Crippen LogP contribution >= 0.6 is 11.3 Å². The van der Waals surface area contributed by atoms with Crippen LogP contribution < -0.4 is 5.56 Å².